The molecule has 0 aliphatic heterocycles. The van der Waals surface area contributed by atoms with E-state index in [1.165, 1.54) is 12.0 Å². The Balaban J connectivity index is 2.03. The number of carbonyl (C=O) groups excluding carboxylic acids is 2. The number of halogens is 1. The van der Waals surface area contributed by atoms with Crippen molar-refractivity contribution in [3.8, 4) is 11.5 Å². The molecule has 2 aromatic rings. The van der Waals surface area contributed by atoms with Gasteiger partial charge in [-0.25, -0.2) is 0 Å². The SMILES string of the molecule is CCOc1ccc(C(=O)N(C)CC(=O)Nc2cccc(Cl)c2)cc1OC. The van der Waals surface area contributed by atoms with Crippen LogP contribution < -0.4 is 14.8 Å². The maximum absolute atomic E-state index is 12.6. The lowest BCUT2D eigenvalue weighted by Crippen LogP contribution is -2.34. The van der Waals surface area contributed by atoms with E-state index < -0.39 is 0 Å². The summed E-state index contributed by atoms with van der Waals surface area (Å²) >= 11 is 5.89. The van der Waals surface area contributed by atoms with Crippen molar-refractivity contribution < 1.29 is 19.1 Å². The van der Waals surface area contributed by atoms with Crippen LogP contribution in [0, 0.1) is 0 Å². The third kappa shape index (κ3) is 5.13. The topological polar surface area (TPSA) is 67.9 Å². The number of rotatable bonds is 7. The Morgan fingerprint density at radius 1 is 1.15 bits per heavy atom. The Labute approximate surface area is 157 Å². The highest BCUT2D eigenvalue weighted by Gasteiger charge is 2.17. The van der Waals surface area contributed by atoms with E-state index >= 15 is 0 Å². The Morgan fingerprint density at radius 3 is 2.58 bits per heavy atom. The minimum atomic E-state index is -0.319. The van der Waals surface area contributed by atoms with Crippen molar-refractivity contribution in [2.24, 2.45) is 0 Å². The van der Waals surface area contributed by atoms with Crippen LogP contribution in [0.5, 0.6) is 11.5 Å². The molecule has 7 heteroatoms. The molecular weight excluding hydrogens is 356 g/mol. The summed E-state index contributed by atoms with van der Waals surface area (Å²) < 4.78 is 10.7. The summed E-state index contributed by atoms with van der Waals surface area (Å²) in [7, 11) is 3.07. The van der Waals surface area contributed by atoms with E-state index in [0.29, 0.717) is 34.4 Å². The summed E-state index contributed by atoms with van der Waals surface area (Å²) in [6, 6.07) is 11.7. The van der Waals surface area contributed by atoms with E-state index in [4.69, 9.17) is 21.1 Å². The molecule has 0 atom stereocenters. The van der Waals surface area contributed by atoms with Crippen LogP contribution >= 0.6 is 11.6 Å². The molecule has 0 saturated heterocycles. The first-order chi connectivity index (χ1) is 12.4. The molecule has 0 aromatic heterocycles. The molecule has 2 amide bonds. The lowest BCUT2D eigenvalue weighted by Gasteiger charge is -2.18. The normalized spacial score (nSPS) is 10.2. The highest BCUT2D eigenvalue weighted by molar-refractivity contribution is 6.30. The first-order valence-corrected chi connectivity index (χ1v) is 8.44. The minimum absolute atomic E-state index is 0.0964. The number of likely N-dealkylation sites (N-methyl/N-ethyl adjacent to an activating group) is 1. The van der Waals surface area contributed by atoms with Crippen LogP contribution in [0.1, 0.15) is 17.3 Å². The lowest BCUT2D eigenvalue weighted by molar-refractivity contribution is -0.116. The van der Waals surface area contributed by atoms with Gasteiger partial charge in [0.25, 0.3) is 5.91 Å². The zero-order valence-corrected chi connectivity index (χ0v) is 15.7. The maximum Gasteiger partial charge on any atom is 0.254 e. The van der Waals surface area contributed by atoms with Crippen molar-refractivity contribution in [2.75, 3.05) is 32.6 Å². The molecule has 0 bridgehead atoms. The van der Waals surface area contributed by atoms with E-state index in [9.17, 15) is 9.59 Å². The number of nitrogens with zero attached hydrogens (tertiary/aromatic N) is 1. The summed E-state index contributed by atoms with van der Waals surface area (Å²) in [6.45, 7) is 2.26. The molecule has 0 spiro atoms. The van der Waals surface area contributed by atoms with Crippen molar-refractivity contribution in [3.05, 3.63) is 53.1 Å². The molecule has 2 rings (SSSR count). The summed E-state index contributed by atoms with van der Waals surface area (Å²) in [4.78, 5) is 26.0. The molecule has 0 radical (unpaired) electrons. The van der Waals surface area contributed by atoms with Gasteiger partial charge in [0.2, 0.25) is 5.91 Å². The van der Waals surface area contributed by atoms with Crippen molar-refractivity contribution in [1.82, 2.24) is 4.90 Å². The fourth-order valence-electron chi connectivity index (χ4n) is 2.35. The molecule has 138 valence electrons. The number of methoxy groups -OCH3 is 1. The van der Waals surface area contributed by atoms with E-state index in [0.717, 1.165) is 0 Å². The molecule has 0 saturated carbocycles. The van der Waals surface area contributed by atoms with Gasteiger partial charge in [0.1, 0.15) is 0 Å². The van der Waals surface area contributed by atoms with Crippen molar-refractivity contribution in [1.29, 1.82) is 0 Å². The Morgan fingerprint density at radius 2 is 1.92 bits per heavy atom. The van der Waals surface area contributed by atoms with Crippen LogP contribution in [0.25, 0.3) is 0 Å². The van der Waals surface area contributed by atoms with Gasteiger partial charge in [0, 0.05) is 23.3 Å². The van der Waals surface area contributed by atoms with Gasteiger partial charge in [-0.15, -0.1) is 0 Å². The third-order valence-electron chi connectivity index (χ3n) is 3.55. The first-order valence-electron chi connectivity index (χ1n) is 8.06. The van der Waals surface area contributed by atoms with E-state index in [1.807, 2.05) is 6.92 Å². The molecule has 6 nitrogen and oxygen atoms in total. The van der Waals surface area contributed by atoms with Gasteiger partial charge in [-0.2, -0.15) is 0 Å². The Hall–Kier alpha value is -2.73. The summed E-state index contributed by atoms with van der Waals surface area (Å²) in [5.41, 5.74) is 0.981. The van der Waals surface area contributed by atoms with Gasteiger partial charge in [-0.3, -0.25) is 9.59 Å². The highest BCUT2D eigenvalue weighted by Crippen LogP contribution is 2.28. The van der Waals surface area contributed by atoms with Crippen molar-refractivity contribution >= 4 is 29.1 Å². The van der Waals surface area contributed by atoms with E-state index in [2.05, 4.69) is 5.32 Å². The van der Waals surface area contributed by atoms with Gasteiger partial charge in [-0.05, 0) is 43.3 Å². The number of ether oxygens (including phenoxy) is 2. The maximum atomic E-state index is 12.6. The van der Waals surface area contributed by atoms with E-state index in [1.54, 1.807) is 49.5 Å². The highest BCUT2D eigenvalue weighted by atomic mass is 35.5. The molecule has 0 heterocycles. The number of amides is 2. The molecular formula is C19H21ClN2O4. The smallest absolute Gasteiger partial charge is 0.254 e. The minimum Gasteiger partial charge on any atom is -0.493 e. The van der Waals surface area contributed by atoms with Gasteiger partial charge < -0.3 is 19.7 Å². The van der Waals surface area contributed by atoms with E-state index in [-0.39, 0.29) is 18.4 Å². The molecule has 0 aliphatic rings. The first kappa shape index (κ1) is 19.6. The average molecular weight is 377 g/mol. The largest absolute Gasteiger partial charge is 0.493 e. The second-order valence-corrected chi connectivity index (χ2v) is 5.95. The van der Waals surface area contributed by atoms with Crippen LogP contribution in [0.4, 0.5) is 5.69 Å². The Kier molecular flexibility index (Phi) is 6.86. The number of anilines is 1. The standard InChI is InChI=1S/C19H21ClN2O4/c1-4-26-16-9-8-13(10-17(16)25-3)19(24)22(2)12-18(23)21-15-7-5-6-14(20)11-15/h5-11H,4,12H2,1-3H3,(H,21,23). The van der Waals surface area contributed by atoms with Crippen LogP contribution in [0.15, 0.2) is 42.5 Å². The van der Waals surface area contributed by atoms with Crippen LogP contribution in [-0.2, 0) is 4.79 Å². The molecule has 1 N–H and O–H groups in total. The fraction of sp³-hybridized carbons (Fsp3) is 0.263. The number of hydrogen-bond acceptors (Lipinski definition) is 4. The zero-order valence-electron chi connectivity index (χ0n) is 14.9. The van der Waals surface area contributed by atoms with Crippen molar-refractivity contribution in [2.45, 2.75) is 6.92 Å². The second kappa shape index (κ2) is 9.10. The van der Waals surface area contributed by atoms with Crippen molar-refractivity contribution in [3.63, 3.8) is 0 Å². The number of benzene rings is 2. The summed E-state index contributed by atoms with van der Waals surface area (Å²) in [6.07, 6.45) is 0. The third-order valence-corrected chi connectivity index (χ3v) is 3.78. The van der Waals surface area contributed by atoms with Crippen LogP contribution in [0.3, 0.4) is 0 Å². The average Bonchev–Trinajstić information content (AvgIpc) is 2.61. The molecule has 0 aliphatic carbocycles. The number of carbonyl (C=O) groups is 2. The van der Waals surface area contributed by atoms with Gasteiger partial charge in [0.05, 0.1) is 20.3 Å². The number of hydrogen-bond donors (Lipinski definition) is 1. The van der Waals surface area contributed by atoms with Crippen LogP contribution in [-0.4, -0.2) is 44.0 Å². The van der Waals surface area contributed by atoms with Gasteiger partial charge in [-0.1, -0.05) is 17.7 Å². The predicted molar refractivity (Wildman–Crippen MR) is 101 cm³/mol. The molecule has 0 fully saturated rings. The van der Waals surface area contributed by atoms with Crippen LogP contribution in [0.2, 0.25) is 5.02 Å². The van der Waals surface area contributed by atoms with Gasteiger partial charge >= 0.3 is 0 Å². The molecule has 0 unspecified atom stereocenters. The van der Waals surface area contributed by atoms with Gasteiger partial charge in [0.15, 0.2) is 11.5 Å². The zero-order chi connectivity index (χ0) is 19.1. The number of nitrogens with one attached hydrogen (secondary N) is 1. The quantitative estimate of drug-likeness (QED) is 0.803. The fourth-order valence-corrected chi connectivity index (χ4v) is 2.54. The predicted octanol–water partition coefficient (Wildman–Crippen LogP) is 3.46. The second-order valence-electron chi connectivity index (χ2n) is 5.52. The summed E-state index contributed by atoms with van der Waals surface area (Å²) in [5, 5.41) is 3.23. The Bertz CT molecular complexity index is 795. The monoisotopic (exact) mass is 376 g/mol. The lowest BCUT2D eigenvalue weighted by atomic mass is 10.1. The molecule has 2 aromatic carbocycles. The molecule has 26 heavy (non-hydrogen) atoms. The summed E-state index contributed by atoms with van der Waals surface area (Å²) in [5.74, 6) is 0.413.